The van der Waals surface area contributed by atoms with E-state index in [0.717, 1.165) is 50.1 Å². The maximum absolute atomic E-state index is 8.73. The Bertz CT molecular complexity index is 527. The van der Waals surface area contributed by atoms with E-state index in [9.17, 15) is 0 Å². The number of hydrogen-bond acceptors (Lipinski definition) is 6. The summed E-state index contributed by atoms with van der Waals surface area (Å²) >= 11 is 0. The van der Waals surface area contributed by atoms with Crippen molar-refractivity contribution in [2.45, 2.75) is 32.6 Å². The largest absolute Gasteiger partial charge is 0.396 e. The highest BCUT2D eigenvalue weighted by Gasteiger charge is 2.08. The van der Waals surface area contributed by atoms with Crippen LogP contribution in [-0.4, -0.2) is 44.7 Å². The van der Waals surface area contributed by atoms with Crippen molar-refractivity contribution in [2.75, 3.05) is 30.3 Å². The number of unbranched alkanes of at least 4 members (excludes halogenated alkanes) is 3. The quantitative estimate of drug-likeness (QED) is 0.522. The number of aromatic amines is 1. The van der Waals surface area contributed by atoms with Gasteiger partial charge in [0.25, 0.3) is 0 Å². The van der Waals surface area contributed by atoms with Gasteiger partial charge in [-0.25, -0.2) is 4.98 Å². The molecule has 0 bridgehead atoms. The van der Waals surface area contributed by atoms with Gasteiger partial charge in [-0.15, -0.1) is 0 Å². The lowest BCUT2D eigenvalue weighted by Gasteiger charge is -2.08. The number of aromatic nitrogens is 4. The van der Waals surface area contributed by atoms with E-state index in [1.54, 1.807) is 6.33 Å². The molecule has 0 aliphatic carbocycles. The SMILES string of the molecule is CCNc1nc(NCCCCCCO)c2[nH]cnc2n1. The topological polar surface area (TPSA) is 98.8 Å². The van der Waals surface area contributed by atoms with Crippen LogP contribution < -0.4 is 10.6 Å². The number of nitrogens with zero attached hydrogens (tertiary/aromatic N) is 3. The molecule has 0 saturated heterocycles. The Morgan fingerprint density at radius 2 is 2.00 bits per heavy atom. The van der Waals surface area contributed by atoms with Gasteiger partial charge in [-0.05, 0) is 19.8 Å². The average Bonchev–Trinajstić information content (AvgIpc) is 2.91. The van der Waals surface area contributed by atoms with Gasteiger partial charge in [0.2, 0.25) is 5.95 Å². The molecule has 0 aromatic carbocycles. The predicted molar refractivity (Wildman–Crippen MR) is 79.9 cm³/mol. The van der Waals surface area contributed by atoms with E-state index in [1.807, 2.05) is 6.92 Å². The third-order valence-electron chi connectivity index (χ3n) is 3.00. The smallest absolute Gasteiger partial charge is 0.226 e. The second kappa shape index (κ2) is 7.64. The van der Waals surface area contributed by atoms with Crippen molar-refractivity contribution in [3.05, 3.63) is 6.33 Å². The highest BCUT2D eigenvalue weighted by atomic mass is 16.2. The lowest BCUT2D eigenvalue weighted by Crippen LogP contribution is -2.08. The molecule has 2 heterocycles. The van der Waals surface area contributed by atoms with Crippen LogP contribution in [0.2, 0.25) is 0 Å². The van der Waals surface area contributed by atoms with E-state index >= 15 is 0 Å². The third-order valence-corrected chi connectivity index (χ3v) is 3.00. The lowest BCUT2D eigenvalue weighted by atomic mass is 10.2. The third kappa shape index (κ3) is 3.80. The molecule has 0 spiro atoms. The van der Waals surface area contributed by atoms with Crippen molar-refractivity contribution in [1.82, 2.24) is 19.9 Å². The van der Waals surface area contributed by atoms with Crippen molar-refractivity contribution >= 4 is 22.9 Å². The zero-order chi connectivity index (χ0) is 14.2. The van der Waals surface area contributed by atoms with E-state index in [0.29, 0.717) is 11.6 Å². The first-order valence-electron chi connectivity index (χ1n) is 7.15. The van der Waals surface area contributed by atoms with Crippen LogP contribution >= 0.6 is 0 Å². The van der Waals surface area contributed by atoms with Crippen LogP contribution in [0.5, 0.6) is 0 Å². The Hall–Kier alpha value is -1.89. The molecular formula is C13H22N6O. The highest BCUT2D eigenvalue weighted by Crippen LogP contribution is 2.18. The Kier molecular flexibility index (Phi) is 5.55. The Balaban J connectivity index is 1.95. The molecule has 0 atom stereocenters. The van der Waals surface area contributed by atoms with Crippen molar-refractivity contribution in [1.29, 1.82) is 0 Å². The van der Waals surface area contributed by atoms with Crippen LogP contribution in [0, 0.1) is 0 Å². The average molecular weight is 278 g/mol. The normalized spacial score (nSPS) is 10.9. The van der Waals surface area contributed by atoms with Gasteiger partial charge in [0.15, 0.2) is 11.5 Å². The molecule has 20 heavy (non-hydrogen) atoms. The van der Waals surface area contributed by atoms with Gasteiger partial charge >= 0.3 is 0 Å². The monoisotopic (exact) mass is 278 g/mol. The second-order valence-corrected chi connectivity index (χ2v) is 4.59. The van der Waals surface area contributed by atoms with E-state index in [4.69, 9.17) is 5.11 Å². The van der Waals surface area contributed by atoms with Gasteiger partial charge in [-0.1, -0.05) is 12.8 Å². The molecule has 4 N–H and O–H groups in total. The molecule has 2 aromatic heterocycles. The van der Waals surface area contributed by atoms with Crippen molar-refractivity contribution in [2.24, 2.45) is 0 Å². The Labute approximate surface area is 118 Å². The summed E-state index contributed by atoms with van der Waals surface area (Å²) < 4.78 is 0. The predicted octanol–water partition coefficient (Wildman–Crippen LogP) is 1.75. The molecule has 0 fully saturated rings. The first kappa shape index (κ1) is 14.5. The number of H-pyrrole nitrogens is 1. The highest BCUT2D eigenvalue weighted by molar-refractivity contribution is 5.83. The molecule has 7 nitrogen and oxygen atoms in total. The summed E-state index contributed by atoms with van der Waals surface area (Å²) in [5, 5.41) is 15.2. The molecule has 7 heteroatoms. The van der Waals surface area contributed by atoms with E-state index in [-0.39, 0.29) is 6.61 Å². The summed E-state index contributed by atoms with van der Waals surface area (Å²) in [6.45, 7) is 3.91. The van der Waals surface area contributed by atoms with Crippen molar-refractivity contribution < 1.29 is 5.11 Å². The molecule has 0 aliphatic heterocycles. The number of imidazole rings is 1. The standard InChI is InChI=1S/C13H22N6O/c1-2-14-13-18-11(10-12(19-13)17-9-16-10)15-7-5-3-4-6-8-20/h9,20H,2-8H2,1H3,(H3,14,15,16,17,18,19). The van der Waals surface area contributed by atoms with Gasteiger partial charge in [-0.2, -0.15) is 9.97 Å². The molecule has 0 unspecified atom stereocenters. The fourth-order valence-electron chi connectivity index (χ4n) is 2.00. The molecule has 0 saturated carbocycles. The second-order valence-electron chi connectivity index (χ2n) is 4.59. The molecule has 0 amide bonds. The Morgan fingerprint density at radius 1 is 1.15 bits per heavy atom. The molecular weight excluding hydrogens is 256 g/mol. The maximum Gasteiger partial charge on any atom is 0.226 e. The lowest BCUT2D eigenvalue weighted by molar-refractivity contribution is 0.283. The number of nitrogens with one attached hydrogen (secondary N) is 3. The summed E-state index contributed by atoms with van der Waals surface area (Å²) in [6, 6.07) is 0. The number of aliphatic hydroxyl groups excluding tert-OH is 1. The number of rotatable bonds is 9. The van der Waals surface area contributed by atoms with Gasteiger partial charge in [0, 0.05) is 19.7 Å². The zero-order valence-electron chi connectivity index (χ0n) is 11.8. The van der Waals surface area contributed by atoms with E-state index in [2.05, 4.69) is 30.6 Å². The van der Waals surface area contributed by atoms with Crippen molar-refractivity contribution in [3.8, 4) is 0 Å². The van der Waals surface area contributed by atoms with Crippen LogP contribution in [0.25, 0.3) is 11.2 Å². The Morgan fingerprint density at radius 3 is 2.80 bits per heavy atom. The minimum atomic E-state index is 0.278. The van der Waals surface area contributed by atoms with Gasteiger partial charge in [-0.3, -0.25) is 0 Å². The molecule has 0 radical (unpaired) electrons. The summed E-state index contributed by atoms with van der Waals surface area (Å²) in [5.74, 6) is 1.38. The van der Waals surface area contributed by atoms with Crippen LogP contribution in [-0.2, 0) is 0 Å². The van der Waals surface area contributed by atoms with Crippen LogP contribution in [0.4, 0.5) is 11.8 Å². The van der Waals surface area contributed by atoms with Crippen LogP contribution in [0.15, 0.2) is 6.33 Å². The van der Waals surface area contributed by atoms with Gasteiger partial charge < -0.3 is 20.7 Å². The molecule has 2 rings (SSSR count). The van der Waals surface area contributed by atoms with E-state index < -0.39 is 0 Å². The summed E-state index contributed by atoms with van der Waals surface area (Å²) in [4.78, 5) is 16.0. The van der Waals surface area contributed by atoms with Gasteiger partial charge in [0.1, 0.15) is 5.52 Å². The van der Waals surface area contributed by atoms with Gasteiger partial charge in [0.05, 0.1) is 6.33 Å². The maximum atomic E-state index is 8.73. The number of fused-ring (bicyclic) bond motifs is 1. The molecule has 0 aliphatic rings. The zero-order valence-corrected chi connectivity index (χ0v) is 11.8. The van der Waals surface area contributed by atoms with Crippen LogP contribution in [0.3, 0.4) is 0 Å². The minimum absolute atomic E-state index is 0.278. The number of hydrogen-bond donors (Lipinski definition) is 4. The number of anilines is 2. The van der Waals surface area contributed by atoms with Crippen molar-refractivity contribution in [3.63, 3.8) is 0 Å². The summed E-state index contributed by atoms with van der Waals surface area (Å²) in [7, 11) is 0. The minimum Gasteiger partial charge on any atom is -0.396 e. The summed E-state index contributed by atoms with van der Waals surface area (Å²) in [5.41, 5.74) is 1.50. The molecule has 2 aromatic rings. The molecule has 110 valence electrons. The first-order chi connectivity index (χ1) is 9.85. The summed E-state index contributed by atoms with van der Waals surface area (Å²) in [6.07, 6.45) is 5.72. The van der Waals surface area contributed by atoms with Crippen LogP contribution in [0.1, 0.15) is 32.6 Å². The fraction of sp³-hybridized carbons (Fsp3) is 0.615. The fourth-order valence-corrected chi connectivity index (χ4v) is 2.00. The van der Waals surface area contributed by atoms with E-state index in [1.165, 1.54) is 0 Å². The number of aliphatic hydroxyl groups is 1. The first-order valence-corrected chi connectivity index (χ1v) is 7.15.